The van der Waals surface area contributed by atoms with Gasteiger partial charge in [-0.25, -0.2) is 0 Å². The third kappa shape index (κ3) is 3.47. The Morgan fingerprint density at radius 1 is 1.56 bits per heavy atom. The molecule has 0 amide bonds. The van der Waals surface area contributed by atoms with E-state index in [4.69, 9.17) is 11.6 Å². The first-order valence-corrected chi connectivity index (χ1v) is 7.07. The average molecular weight is 309 g/mol. The molecule has 16 heavy (non-hydrogen) atoms. The van der Waals surface area contributed by atoms with Gasteiger partial charge in [0.15, 0.2) is 0 Å². The van der Waals surface area contributed by atoms with Crippen LogP contribution in [-0.4, -0.2) is 21.2 Å². The molecule has 0 saturated carbocycles. The number of rotatable bonds is 6. The Morgan fingerprint density at radius 3 is 2.69 bits per heavy atom. The Labute approximate surface area is 111 Å². The van der Waals surface area contributed by atoms with Gasteiger partial charge in [-0.05, 0) is 19.8 Å². The summed E-state index contributed by atoms with van der Waals surface area (Å²) in [5, 5.41) is 9.57. The monoisotopic (exact) mass is 307 g/mol. The Balaban J connectivity index is 2.59. The molecule has 1 aromatic heterocycles. The predicted molar refractivity (Wildman–Crippen MR) is 72.3 cm³/mol. The van der Waals surface area contributed by atoms with E-state index >= 15 is 0 Å². The highest BCUT2D eigenvalue weighted by molar-refractivity contribution is 9.09. The highest BCUT2D eigenvalue weighted by Gasteiger charge is 2.12. The first kappa shape index (κ1) is 14.0. The molecule has 0 aliphatic carbocycles. The molecule has 5 heteroatoms. The second-order valence-corrected chi connectivity index (χ2v) is 5.09. The van der Waals surface area contributed by atoms with Crippen molar-refractivity contribution >= 4 is 27.5 Å². The van der Waals surface area contributed by atoms with Crippen molar-refractivity contribution in [1.82, 2.24) is 15.1 Å². The molecular weight excluding hydrogens is 289 g/mol. The highest BCUT2D eigenvalue weighted by atomic mass is 79.9. The van der Waals surface area contributed by atoms with Gasteiger partial charge in [0.1, 0.15) is 5.15 Å². The minimum Gasteiger partial charge on any atom is -0.310 e. The van der Waals surface area contributed by atoms with Gasteiger partial charge in [0.25, 0.3) is 0 Å². The molecule has 92 valence electrons. The molecule has 1 aromatic rings. The summed E-state index contributed by atoms with van der Waals surface area (Å²) in [6.07, 6.45) is 2.26. The third-order valence-electron chi connectivity index (χ3n) is 2.79. The lowest BCUT2D eigenvalue weighted by Gasteiger charge is -2.15. The van der Waals surface area contributed by atoms with Crippen LogP contribution < -0.4 is 5.32 Å². The van der Waals surface area contributed by atoms with Crippen LogP contribution in [0.25, 0.3) is 0 Å². The summed E-state index contributed by atoms with van der Waals surface area (Å²) in [4.78, 5) is 0. The van der Waals surface area contributed by atoms with Crippen LogP contribution >= 0.6 is 27.5 Å². The van der Waals surface area contributed by atoms with Crippen molar-refractivity contribution < 1.29 is 0 Å². The van der Waals surface area contributed by atoms with E-state index in [0.29, 0.717) is 6.04 Å². The van der Waals surface area contributed by atoms with Crippen molar-refractivity contribution in [3.05, 3.63) is 16.4 Å². The molecule has 0 bridgehead atoms. The number of nitrogens with one attached hydrogen (secondary N) is 1. The second kappa shape index (κ2) is 6.62. The Hall–Kier alpha value is -0.0600. The van der Waals surface area contributed by atoms with Gasteiger partial charge in [-0.1, -0.05) is 34.5 Å². The molecule has 1 N–H and O–H groups in total. The fraction of sp³-hybridized carbons (Fsp3) is 0.727. The van der Waals surface area contributed by atoms with Gasteiger partial charge in [0, 0.05) is 30.5 Å². The SMILES string of the molecule is CCC(CCBr)NCc1c(C)nn(C)c1Cl. The molecular formula is C11H19BrClN3. The van der Waals surface area contributed by atoms with E-state index in [0.717, 1.165) is 41.1 Å². The smallest absolute Gasteiger partial charge is 0.131 e. The molecule has 1 heterocycles. The summed E-state index contributed by atoms with van der Waals surface area (Å²) in [7, 11) is 1.87. The van der Waals surface area contributed by atoms with Crippen LogP contribution in [0.2, 0.25) is 5.15 Å². The summed E-state index contributed by atoms with van der Waals surface area (Å²) in [6.45, 7) is 4.98. The van der Waals surface area contributed by atoms with Gasteiger partial charge in [-0.3, -0.25) is 4.68 Å². The predicted octanol–water partition coefficient (Wildman–Crippen LogP) is 3.04. The molecule has 0 saturated heterocycles. The number of nitrogens with zero attached hydrogens (tertiary/aromatic N) is 2. The minimum absolute atomic E-state index is 0.537. The summed E-state index contributed by atoms with van der Waals surface area (Å²) in [5.74, 6) is 0. The van der Waals surface area contributed by atoms with Crippen LogP contribution in [0.3, 0.4) is 0 Å². The molecule has 1 rings (SSSR count). The van der Waals surface area contributed by atoms with Gasteiger partial charge in [-0.2, -0.15) is 5.10 Å². The zero-order chi connectivity index (χ0) is 12.1. The van der Waals surface area contributed by atoms with E-state index in [-0.39, 0.29) is 0 Å². The number of aromatic nitrogens is 2. The first-order valence-electron chi connectivity index (χ1n) is 5.57. The summed E-state index contributed by atoms with van der Waals surface area (Å²) < 4.78 is 1.72. The lowest BCUT2D eigenvalue weighted by Crippen LogP contribution is -2.28. The van der Waals surface area contributed by atoms with Gasteiger partial charge in [0.2, 0.25) is 0 Å². The molecule has 0 aromatic carbocycles. The molecule has 0 spiro atoms. The topological polar surface area (TPSA) is 29.9 Å². The summed E-state index contributed by atoms with van der Waals surface area (Å²) in [5.41, 5.74) is 2.12. The highest BCUT2D eigenvalue weighted by Crippen LogP contribution is 2.18. The number of alkyl halides is 1. The van der Waals surface area contributed by atoms with Crippen LogP contribution in [0.1, 0.15) is 31.0 Å². The zero-order valence-corrected chi connectivity index (χ0v) is 12.4. The maximum Gasteiger partial charge on any atom is 0.131 e. The first-order chi connectivity index (χ1) is 7.60. The van der Waals surface area contributed by atoms with Crippen molar-refractivity contribution in [2.45, 2.75) is 39.3 Å². The molecule has 1 unspecified atom stereocenters. The van der Waals surface area contributed by atoms with Crippen molar-refractivity contribution in [2.75, 3.05) is 5.33 Å². The van der Waals surface area contributed by atoms with Crippen LogP contribution in [0.15, 0.2) is 0 Å². The number of hydrogen-bond acceptors (Lipinski definition) is 2. The van der Waals surface area contributed by atoms with Crippen molar-refractivity contribution in [2.24, 2.45) is 7.05 Å². The lowest BCUT2D eigenvalue weighted by atomic mass is 10.1. The quantitative estimate of drug-likeness (QED) is 0.819. The molecule has 0 aliphatic rings. The molecule has 0 fully saturated rings. The maximum atomic E-state index is 6.17. The molecule has 0 radical (unpaired) electrons. The number of aryl methyl sites for hydroxylation is 2. The minimum atomic E-state index is 0.537. The van der Waals surface area contributed by atoms with Gasteiger partial charge < -0.3 is 5.32 Å². The Morgan fingerprint density at radius 2 is 2.25 bits per heavy atom. The van der Waals surface area contributed by atoms with Crippen LogP contribution in [0.5, 0.6) is 0 Å². The van der Waals surface area contributed by atoms with Gasteiger partial charge >= 0.3 is 0 Å². The number of halogens is 2. The lowest BCUT2D eigenvalue weighted by molar-refractivity contribution is 0.487. The van der Waals surface area contributed by atoms with Crippen molar-refractivity contribution in [3.8, 4) is 0 Å². The normalized spacial score (nSPS) is 13.1. The zero-order valence-electron chi connectivity index (χ0n) is 10.1. The van der Waals surface area contributed by atoms with E-state index in [1.807, 2.05) is 14.0 Å². The van der Waals surface area contributed by atoms with Crippen molar-refractivity contribution in [1.29, 1.82) is 0 Å². The molecule has 0 aliphatic heterocycles. The number of hydrogen-bond donors (Lipinski definition) is 1. The van der Waals surface area contributed by atoms with Gasteiger partial charge in [-0.15, -0.1) is 0 Å². The van der Waals surface area contributed by atoms with Crippen molar-refractivity contribution in [3.63, 3.8) is 0 Å². The standard InChI is InChI=1S/C11H19BrClN3/c1-4-9(5-6-12)14-7-10-8(2)15-16(3)11(10)13/h9,14H,4-7H2,1-3H3. The van der Waals surface area contributed by atoms with E-state index in [1.54, 1.807) is 4.68 Å². The van der Waals surface area contributed by atoms with E-state index in [9.17, 15) is 0 Å². The average Bonchev–Trinajstić information content (AvgIpc) is 2.49. The largest absolute Gasteiger partial charge is 0.310 e. The van der Waals surface area contributed by atoms with Crippen LogP contribution in [0, 0.1) is 6.92 Å². The summed E-state index contributed by atoms with van der Waals surface area (Å²) in [6, 6.07) is 0.537. The molecule has 1 atom stereocenters. The summed E-state index contributed by atoms with van der Waals surface area (Å²) >= 11 is 9.64. The fourth-order valence-electron chi connectivity index (χ4n) is 1.70. The van der Waals surface area contributed by atoms with Crippen LogP contribution in [-0.2, 0) is 13.6 Å². The van der Waals surface area contributed by atoms with Crippen LogP contribution in [0.4, 0.5) is 0 Å². The van der Waals surface area contributed by atoms with E-state index in [1.165, 1.54) is 0 Å². The molecule has 3 nitrogen and oxygen atoms in total. The third-order valence-corrected chi connectivity index (χ3v) is 3.72. The second-order valence-electron chi connectivity index (χ2n) is 3.94. The maximum absolute atomic E-state index is 6.17. The fourth-order valence-corrected chi connectivity index (χ4v) is 2.50. The van der Waals surface area contributed by atoms with E-state index < -0.39 is 0 Å². The van der Waals surface area contributed by atoms with E-state index in [2.05, 4.69) is 33.3 Å². The van der Waals surface area contributed by atoms with Gasteiger partial charge in [0.05, 0.1) is 5.69 Å². The Kier molecular flexibility index (Phi) is 5.79. The Bertz CT molecular complexity index is 338.